The molecule has 3 rings (SSSR count). The van der Waals surface area contributed by atoms with Crippen molar-refractivity contribution in [1.29, 1.82) is 0 Å². The number of hydrogen-bond donors (Lipinski definition) is 2. The Kier molecular flexibility index (Phi) is 4.83. The van der Waals surface area contributed by atoms with Gasteiger partial charge in [0.15, 0.2) is 17.3 Å². The first kappa shape index (κ1) is 15.4. The van der Waals surface area contributed by atoms with Gasteiger partial charge < -0.3 is 24.5 Å². The zero-order valence-corrected chi connectivity index (χ0v) is 13.0. The fourth-order valence-electron chi connectivity index (χ4n) is 2.28. The minimum absolute atomic E-state index is 0.194. The Hall–Kier alpha value is -2.47. The van der Waals surface area contributed by atoms with Crippen molar-refractivity contribution < 1.29 is 18.7 Å². The standard InChI is InChI=1S/C17H20N2O4/c1-21-14-4-2-3-5-15(14)22-11-13-6-7-16(23-13)17(20)19-10-12-8-18-9-12/h2-7,12,18H,8-11H2,1H3,(H,19,20). The van der Waals surface area contributed by atoms with Crippen molar-refractivity contribution in [3.63, 3.8) is 0 Å². The summed E-state index contributed by atoms with van der Waals surface area (Å²) in [5.41, 5.74) is 0. The Morgan fingerprint density at radius 3 is 2.74 bits per heavy atom. The van der Waals surface area contributed by atoms with Crippen LogP contribution < -0.4 is 20.1 Å². The molecular formula is C17H20N2O4. The summed E-state index contributed by atoms with van der Waals surface area (Å²) in [6.07, 6.45) is 0. The van der Waals surface area contributed by atoms with Crippen LogP contribution in [0.4, 0.5) is 0 Å². The Morgan fingerprint density at radius 2 is 2.04 bits per heavy atom. The molecule has 6 heteroatoms. The summed E-state index contributed by atoms with van der Waals surface area (Å²) in [4.78, 5) is 12.0. The molecule has 0 atom stereocenters. The number of carbonyl (C=O) groups is 1. The van der Waals surface area contributed by atoms with E-state index in [-0.39, 0.29) is 12.5 Å². The minimum atomic E-state index is -0.194. The molecule has 2 N–H and O–H groups in total. The zero-order valence-electron chi connectivity index (χ0n) is 13.0. The molecule has 1 amide bonds. The smallest absolute Gasteiger partial charge is 0.287 e. The number of nitrogens with one attached hydrogen (secondary N) is 2. The number of carbonyl (C=O) groups excluding carboxylic acids is 1. The molecule has 0 spiro atoms. The van der Waals surface area contributed by atoms with E-state index in [1.54, 1.807) is 19.2 Å². The Morgan fingerprint density at radius 1 is 1.26 bits per heavy atom. The van der Waals surface area contributed by atoms with Gasteiger partial charge in [-0.1, -0.05) is 12.1 Å². The summed E-state index contributed by atoms with van der Waals surface area (Å²) in [6.45, 7) is 2.81. The van der Waals surface area contributed by atoms with Gasteiger partial charge in [0.1, 0.15) is 12.4 Å². The molecule has 1 fully saturated rings. The van der Waals surface area contributed by atoms with Crippen molar-refractivity contribution in [3.8, 4) is 11.5 Å². The van der Waals surface area contributed by atoms with Gasteiger partial charge in [-0.05, 0) is 24.3 Å². The third kappa shape index (κ3) is 3.84. The summed E-state index contributed by atoms with van der Waals surface area (Å²) >= 11 is 0. The first-order chi connectivity index (χ1) is 11.3. The number of methoxy groups -OCH3 is 1. The maximum atomic E-state index is 12.0. The van der Waals surface area contributed by atoms with E-state index in [1.807, 2.05) is 24.3 Å². The van der Waals surface area contributed by atoms with Crippen molar-refractivity contribution in [3.05, 3.63) is 47.9 Å². The van der Waals surface area contributed by atoms with E-state index in [0.29, 0.717) is 35.5 Å². The first-order valence-electron chi connectivity index (χ1n) is 7.59. The predicted octanol–water partition coefficient (Wildman–Crippen LogP) is 1.82. The number of para-hydroxylation sites is 2. The number of ether oxygens (including phenoxy) is 2. The van der Waals surface area contributed by atoms with E-state index >= 15 is 0 Å². The van der Waals surface area contributed by atoms with Gasteiger partial charge in [-0.3, -0.25) is 4.79 Å². The number of amides is 1. The fourth-order valence-corrected chi connectivity index (χ4v) is 2.28. The van der Waals surface area contributed by atoms with E-state index < -0.39 is 0 Å². The van der Waals surface area contributed by atoms with Crippen LogP contribution in [0.3, 0.4) is 0 Å². The van der Waals surface area contributed by atoms with Crippen LogP contribution in [0, 0.1) is 5.92 Å². The molecule has 122 valence electrons. The highest BCUT2D eigenvalue weighted by molar-refractivity contribution is 5.91. The maximum absolute atomic E-state index is 12.0. The second-order valence-corrected chi connectivity index (χ2v) is 5.44. The SMILES string of the molecule is COc1ccccc1OCc1ccc(C(=O)NCC2CNC2)o1. The molecule has 1 aromatic carbocycles. The summed E-state index contributed by atoms with van der Waals surface area (Å²) in [5, 5.41) is 6.04. The van der Waals surface area contributed by atoms with Crippen LogP contribution in [0.15, 0.2) is 40.8 Å². The van der Waals surface area contributed by atoms with Crippen molar-refractivity contribution in [2.45, 2.75) is 6.61 Å². The van der Waals surface area contributed by atoms with E-state index in [0.717, 1.165) is 13.1 Å². The van der Waals surface area contributed by atoms with Gasteiger partial charge >= 0.3 is 0 Å². The van der Waals surface area contributed by atoms with Crippen molar-refractivity contribution in [2.24, 2.45) is 5.92 Å². The van der Waals surface area contributed by atoms with Crippen LogP contribution in [0.5, 0.6) is 11.5 Å². The molecule has 0 aliphatic carbocycles. The molecule has 0 bridgehead atoms. The molecule has 0 saturated carbocycles. The molecule has 1 aliphatic rings. The van der Waals surface area contributed by atoms with Gasteiger partial charge in [0.05, 0.1) is 7.11 Å². The third-order valence-corrected chi connectivity index (χ3v) is 3.74. The lowest BCUT2D eigenvalue weighted by atomic mass is 10.0. The number of benzene rings is 1. The second kappa shape index (κ2) is 7.19. The Labute approximate surface area is 134 Å². The monoisotopic (exact) mass is 316 g/mol. The van der Waals surface area contributed by atoms with Crippen LogP contribution in [0.25, 0.3) is 0 Å². The summed E-state index contributed by atoms with van der Waals surface area (Å²) in [7, 11) is 1.59. The highest BCUT2D eigenvalue weighted by Crippen LogP contribution is 2.26. The lowest BCUT2D eigenvalue weighted by Gasteiger charge is -2.26. The van der Waals surface area contributed by atoms with E-state index in [4.69, 9.17) is 13.9 Å². The van der Waals surface area contributed by atoms with Crippen molar-refractivity contribution in [2.75, 3.05) is 26.7 Å². The van der Waals surface area contributed by atoms with Crippen LogP contribution in [-0.4, -0.2) is 32.7 Å². The maximum Gasteiger partial charge on any atom is 0.287 e. The first-order valence-corrected chi connectivity index (χ1v) is 7.59. The van der Waals surface area contributed by atoms with Gasteiger partial charge in [-0.15, -0.1) is 0 Å². The van der Waals surface area contributed by atoms with Crippen LogP contribution in [0.1, 0.15) is 16.3 Å². The number of rotatable bonds is 7. The Bertz CT molecular complexity index is 664. The van der Waals surface area contributed by atoms with Gasteiger partial charge in [-0.2, -0.15) is 0 Å². The Balaban J connectivity index is 1.53. The summed E-state index contributed by atoms with van der Waals surface area (Å²) < 4.78 is 16.4. The molecule has 0 radical (unpaired) electrons. The van der Waals surface area contributed by atoms with Gasteiger partial charge in [0, 0.05) is 25.6 Å². The molecule has 23 heavy (non-hydrogen) atoms. The number of furan rings is 1. The molecule has 2 heterocycles. The summed E-state index contributed by atoms with van der Waals surface area (Å²) in [5.74, 6) is 2.51. The number of hydrogen-bond acceptors (Lipinski definition) is 5. The van der Waals surface area contributed by atoms with Crippen molar-refractivity contribution in [1.82, 2.24) is 10.6 Å². The predicted molar refractivity (Wildman–Crippen MR) is 84.7 cm³/mol. The zero-order chi connectivity index (χ0) is 16.1. The van der Waals surface area contributed by atoms with E-state index in [1.165, 1.54) is 0 Å². The van der Waals surface area contributed by atoms with Crippen molar-refractivity contribution >= 4 is 5.91 Å². The highest BCUT2D eigenvalue weighted by Gasteiger charge is 2.19. The van der Waals surface area contributed by atoms with Crippen LogP contribution in [0.2, 0.25) is 0 Å². The fraction of sp³-hybridized carbons (Fsp3) is 0.353. The molecule has 0 unspecified atom stereocenters. The molecule has 1 saturated heterocycles. The second-order valence-electron chi connectivity index (χ2n) is 5.44. The highest BCUT2D eigenvalue weighted by atomic mass is 16.5. The average molecular weight is 316 g/mol. The minimum Gasteiger partial charge on any atom is -0.493 e. The van der Waals surface area contributed by atoms with Crippen LogP contribution >= 0.6 is 0 Å². The molecular weight excluding hydrogens is 296 g/mol. The average Bonchev–Trinajstić information content (AvgIpc) is 3.00. The van der Waals surface area contributed by atoms with Gasteiger partial charge in [0.2, 0.25) is 0 Å². The quantitative estimate of drug-likeness (QED) is 0.815. The topological polar surface area (TPSA) is 72.7 Å². The van der Waals surface area contributed by atoms with E-state index in [2.05, 4.69) is 10.6 Å². The molecule has 6 nitrogen and oxygen atoms in total. The largest absolute Gasteiger partial charge is 0.493 e. The third-order valence-electron chi connectivity index (χ3n) is 3.74. The lowest BCUT2D eigenvalue weighted by molar-refractivity contribution is 0.0910. The molecule has 1 aliphatic heterocycles. The lowest BCUT2D eigenvalue weighted by Crippen LogP contribution is -2.48. The summed E-state index contributed by atoms with van der Waals surface area (Å²) in [6, 6.07) is 10.8. The molecule has 1 aromatic heterocycles. The van der Waals surface area contributed by atoms with Crippen LogP contribution in [-0.2, 0) is 6.61 Å². The van der Waals surface area contributed by atoms with Gasteiger partial charge in [0.25, 0.3) is 5.91 Å². The molecule has 2 aromatic rings. The van der Waals surface area contributed by atoms with E-state index in [9.17, 15) is 4.79 Å². The normalized spacial score (nSPS) is 14.1. The van der Waals surface area contributed by atoms with Gasteiger partial charge in [-0.25, -0.2) is 0 Å².